The Morgan fingerprint density at radius 2 is 1.68 bits per heavy atom. The first-order valence-electron chi connectivity index (χ1n) is 7.62. The lowest BCUT2D eigenvalue weighted by atomic mass is 10.2. The van der Waals surface area contributed by atoms with Gasteiger partial charge in [0.2, 0.25) is 0 Å². The van der Waals surface area contributed by atoms with E-state index >= 15 is 0 Å². The second-order valence-electron chi connectivity index (χ2n) is 5.33. The zero-order chi connectivity index (χ0) is 17.6. The molecule has 1 heterocycles. The maximum Gasteiger partial charge on any atom is 0.255 e. The van der Waals surface area contributed by atoms with Crippen LogP contribution in [0.2, 0.25) is 10.0 Å². The third kappa shape index (κ3) is 4.72. The van der Waals surface area contributed by atoms with Crippen molar-refractivity contribution in [1.82, 2.24) is 4.98 Å². The van der Waals surface area contributed by atoms with Gasteiger partial charge in [-0.25, -0.2) is 0 Å². The summed E-state index contributed by atoms with van der Waals surface area (Å²) < 4.78 is 0. The molecule has 6 heteroatoms. The molecule has 3 rings (SSSR count). The number of nitrogens with one attached hydrogen (secondary N) is 2. The van der Waals surface area contributed by atoms with E-state index in [0.29, 0.717) is 27.8 Å². The van der Waals surface area contributed by atoms with Crippen LogP contribution in [0.1, 0.15) is 16.1 Å². The van der Waals surface area contributed by atoms with Crippen molar-refractivity contribution in [1.29, 1.82) is 0 Å². The largest absolute Gasteiger partial charge is 0.379 e. The number of nitrogens with zero attached hydrogens (tertiary/aromatic N) is 1. The number of carbonyl (C=O) groups excluding carboxylic acids is 1. The molecule has 0 aliphatic rings. The minimum atomic E-state index is -0.243. The molecule has 0 aliphatic heterocycles. The quantitative estimate of drug-likeness (QED) is 0.643. The summed E-state index contributed by atoms with van der Waals surface area (Å²) in [7, 11) is 0. The Morgan fingerprint density at radius 1 is 0.920 bits per heavy atom. The minimum absolute atomic E-state index is 0.243. The van der Waals surface area contributed by atoms with Crippen LogP contribution in [0.15, 0.2) is 66.9 Å². The third-order valence-electron chi connectivity index (χ3n) is 3.52. The fourth-order valence-corrected chi connectivity index (χ4v) is 2.51. The van der Waals surface area contributed by atoms with Gasteiger partial charge >= 0.3 is 0 Å². The third-order valence-corrected chi connectivity index (χ3v) is 4.26. The van der Waals surface area contributed by atoms with Crippen molar-refractivity contribution < 1.29 is 4.79 Å². The number of hydrogen-bond acceptors (Lipinski definition) is 3. The van der Waals surface area contributed by atoms with Crippen molar-refractivity contribution in [3.63, 3.8) is 0 Å². The molecule has 0 saturated carbocycles. The summed E-state index contributed by atoms with van der Waals surface area (Å²) >= 11 is 11.8. The maximum absolute atomic E-state index is 12.2. The molecule has 0 unspecified atom stereocenters. The number of anilines is 2. The molecule has 0 aliphatic carbocycles. The smallest absolute Gasteiger partial charge is 0.255 e. The molecule has 0 saturated heterocycles. The van der Waals surface area contributed by atoms with Crippen LogP contribution in [-0.4, -0.2) is 10.9 Å². The summed E-state index contributed by atoms with van der Waals surface area (Å²) in [6, 6.07) is 18.0. The molecule has 25 heavy (non-hydrogen) atoms. The van der Waals surface area contributed by atoms with Gasteiger partial charge in [0.05, 0.1) is 22.3 Å². The summed E-state index contributed by atoms with van der Waals surface area (Å²) in [5.74, 6) is -0.243. The summed E-state index contributed by atoms with van der Waals surface area (Å²) in [6.07, 6.45) is 1.76. The van der Waals surface area contributed by atoms with Crippen LogP contribution in [0, 0.1) is 0 Å². The summed E-state index contributed by atoms with van der Waals surface area (Å²) in [6.45, 7) is 0.635. The summed E-state index contributed by atoms with van der Waals surface area (Å²) in [5.41, 5.74) is 3.05. The standard InChI is InChI=1S/C19H15Cl2N3O/c20-17-9-4-13(11-18(17)21)19(25)24-15-7-5-14(6-8-15)23-12-16-3-1-2-10-22-16/h1-11,23H,12H2,(H,24,25). The minimum Gasteiger partial charge on any atom is -0.379 e. The van der Waals surface area contributed by atoms with Crippen molar-refractivity contribution in [2.75, 3.05) is 10.6 Å². The van der Waals surface area contributed by atoms with E-state index in [9.17, 15) is 4.79 Å². The van der Waals surface area contributed by atoms with Crippen molar-refractivity contribution in [3.05, 3.63) is 88.2 Å². The Bertz CT molecular complexity index is 868. The van der Waals surface area contributed by atoms with Gasteiger partial charge in [-0.2, -0.15) is 0 Å². The monoisotopic (exact) mass is 371 g/mol. The highest BCUT2D eigenvalue weighted by Crippen LogP contribution is 2.23. The molecule has 2 N–H and O–H groups in total. The van der Waals surface area contributed by atoms with Crippen LogP contribution in [0.3, 0.4) is 0 Å². The normalized spacial score (nSPS) is 10.3. The number of amides is 1. The van der Waals surface area contributed by atoms with Crippen LogP contribution in [0.25, 0.3) is 0 Å². The SMILES string of the molecule is O=C(Nc1ccc(NCc2ccccn2)cc1)c1ccc(Cl)c(Cl)c1. The number of benzene rings is 2. The van der Waals surface area contributed by atoms with Gasteiger partial charge in [0.25, 0.3) is 5.91 Å². The highest BCUT2D eigenvalue weighted by molar-refractivity contribution is 6.42. The first kappa shape index (κ1) is 17.3. The van der Waals surface area contributed by atoms with E-state index in [-0.39, 0.29) is 5.91 Å². The van der Waals surface area contributed by atoms with Gasteiger partial charge < -0.3 is 10.6 Å². The lowest BCUT2D eigenvalue weighted by Crippen LogP contribution is -2.11. The van der Waals surface area contributed by atoms with E-state index < -0.39 is 0 Å². The molecule has 2 aromatic carbocycles. The molecule has 0 spiro atoms. The second kappa shape index (κ2) is 8.01. The topological polar surface area (TPSA) is 54.0 Å². The second-order valence-corrected chi connectivity index (χ2v) is 6.15. The fraction of sp³-hybridized carbons (Fsp3) is 0.0526. The highest BCUT2D eigenvalue weighted by atomic mass is 35.5. The van der Waals surface area contributed by atoms with Gasteiger partial charge in [0, 0.05) is 23.1 Å². The predicted octanol–water partition coefficient (Wildman–Crippen LogP) is 5.25. The first-order valence-corrected chi connectivity index (χ1v) is 8.38. The highest BCUT2D eigenvalue weighted by Gasteiger charge is 2.08. The van der Waals surface area contributed by atoms with Crippen LogP contribution < -0.4 is 10.6 Å². The zero-order valence-corrected chi connectivity index (χ0v) is 14.7. The lowest BCUT2D eigenvalue weighted by molar-refractivity contribution is 0.102. The van der Waals surface area contributed by atoms with Crippen LogP contribution >= 0.6 is 23.2 Å². The summed E-state index contributed by atoms with van der Waals surface area (Å²) in [5, 5.41) is 6.87. The predicted molar refractivity (Wildman–Crippen MR) is 102 cm³/mol. The Hall–Kier alpha value is -2.56. The number of pyridine rings is 1. The Kier molecular flexibility index (Phi) is 5.53. The van der Waals surface area contributed by atoms with Gasteiger partial charge in [-0.1, -0.05) is 29.3 Å². The number of carbonyl (C=O) groups is 1. The zero-order valence-electron chi connectivity index (χ0n) is 13.2. The molecular weight excluding hydrogens is 357 g/mol. The number of rotatable bonds is 5. The first-order chi connectivity index (χ1) is 12.1. The van der Waals surface area contributed by atoms with Crippen molar-refractivity contribution in [2.45, 2.75) is 6.54 Å². The molecule has 126 valence electrons. The summed E-state index contributed by atoms with van der Waals surface area (Å²) in [4.78, 5) is 16.5. The Labute approximate surface area is 155 Å². The molecule has 0 bridgehead atoms. The molecule has 0 radical (unpaired) electrons. The molecule has 0 fully saturated rings. The molecule has 3 aromatic rings. The van der Waals surface area contributed by atoms with E-state index in [1.165, 1.54) is 0 Å². The van der Waals surface area contributed by atoms with Gasteiger partial charge in [0.1, 0.15) is 0 Å². The van der Waals surface area contributed by atoms with Gasteiger partial charge in [-0.15, -0.1) is 0 Å². The van der Waals surface area contributed by atoms with E-state index in [1.807, 2.05) is 42.5 Å². The van der Waals surface area contributed by atoms with Crippen molar-refractivity contribution in [3.8, 4) is 0 Å². The van der Waals surface area contributed by atoms with E-state index in [1.54, 1.807) is 24.4 Å². The number of halogens is 2. The van der Waals surface area contributed by atoms with Crippen LogP contribution in [0.5, 0.6) is 0 Å². The van der Waals surface area contributed by atoms with E-state index in [2.05, 4.69) is 15.6 Å². The maximum atomic E-state index is 12.2. The molecule has 0 atom stereocenters. The molecule has 1 aromatic heterocycles. The Balaban J connectivity index is 1.60. The lowest BCUT2D eigenvalue weighted by Gasteiger charge is -2.09. The van der Waals surface area contributed by atoms with E-state index in [4.69, 9.17) is 23.2 Å². The average Bonchev–Trinajstić information content (AvgIpc) is 2.64. The average molecular weight is 372 g/mol. The fourth-order valence-electron chi connectivity index (χ4n) is 2.21. The van der Waals surface area contributed by atoms with E-state index in [0.717, 1.165) is 11.4 Å². The molecule has 1 amide bonds. The van der Waals surface area contributed by atoms with Crippen LogP contribution in [-0.2, 0) is 6.54 Å². The van der Waals surface area contributed by atoms with Gasteiger partial charge in [-0.05, 0) is 54.6 Å². The number of hydrogen-bond donors (Lipinski definition) is 2. The van der Waals surface area contributed by atoms with Crippen molar-refractivity contribution >= 4 is 40.5 Å². The van der Waals surface area contributed by atoms with Gasteiger partial charge in [-0.3, -0.25) is 9.78 Å². The molecule has 4 nitrogen and oxygen atoms in total. The van der Waals surface area contributed by atoms with Crippen LogP contribution in [0.4, 0.5) is 11.4 Å². The van der Waals surface area contributed by atoms with Crippen molar-refractivity contribution in [2.24, 2.45) is 0 Å². The number of aromatic nitrogens is 1. The van der Waals surface area contributed by atoms with Gasteiger partial charge in [0.15, 0.2) is 0 Å². The molecular formula is C19H15Cl2N3O. The Morgan fingerprint density at radius 3 is 2.36 bits per heavy atom.